The van der Waals surface area contributed by atoms with Gasteiger partial charge in [0.05, 0.1) is 7.11 Å². The zero-order valence-corrected chi connectivity index (χ0v) is 15.4. The highest BCUT2D eigenvalue weighted by Gasteiger charge is 2.06. The molecule has 0 bridgehead atoms. The van der Waals surface area contributed by atoms with Gasteiger partial charge in [0.25, 0.3) is 0 Å². The SMILES string of the molecule is COc1ccccc1Oc1ccc(NC(=O)NCc2ccccc2C)cc1. The van der Waals surface area contributed by atoms with E-state index in [1.54, 1.807) is 31.4 Å². The summed E-state index contributed by atoms with van der Waals surface area (Å²) in [5.74, 6) is 1.96. The average Bonchev–Trinajstić information content (AvgIpc) is 2.69. The van der Waals surface area contributed by atoms with Crippen LogP contribution in [0.1, 0.15) is 11.1 Å². The van der Waals surface area contributed by atoms with Crippen LogP contribution in [0.25, 0.3) is 0 Å². The molecule has 2 N–H and O–H groups in total. The number of ether oxygens (including phenoxy) is 2. The number of hydrogen-bond acceptors (Lipinski definition) is 3. The Morgan fingerprint density at radius 2 is 1.56 bits per heavy atom. The highest BCUT2D eigenvalue weighted by atomic mass is 16.5. The predicted molar refractivity (Wildman–Crippen MR) is 107 cm³/mol. The molecule has 0 fully saturated rings. The molecule has 0 heterocycles. The third kappa shape index (κ3) is 5.01. The highest BCUT2D eigenvalue weighted by molar-refractivity contribution is 5.89. The normalized spacial score (nSPS) is 10.1. The zero-order chi connectivity index (χ0) is 19.1. The van der Waals surface area contributed by atoms with Crippen molar-refractivity contribution in [3.05, 3.63) is 83.9 Å². The van der Waals surface area contributed by atoms with E-state index >= 15 is 0 Å². The smallest absolute Gasteiger partial charge is 0.319 e. The quantitative estimate of drug-likeness (QED) is 0.640. The fourth-order valence-corrected chi connectivity index (χ4v) is 2.60. The molecule has 2 amide bonds. The Balaban J connectivity index is 1.55. The number of hydrogen-bond donors (Lipinski definition) is 2. The molecule has 3 rings (SSSR count). The molecule has 0 aliphatic carbocycles. The lowest BCUT2D eigenvalue weighted by molar-refractivity contribution is 0.251. The Bertz CT molecular complexity index is 907. The van der Waals surface area contributed by atoms with Gasteiger partial charge in [0.1, 0.15) is 5.75 Å². The molecule has 5 nitrogen and oxygen atoms in total. The van der Waals surface area contributed by atoms with E-state index in [1.165, 1.54) is 0 Å². The Morgan fingerprint density at radius 1 is 0.889 bits per heavy atom. The first-order chi connectivity index (χ1) is 13.2. The van der Waals surface area contributed by atoms with E-state index in [-0.39, 0.29) is 6.03 Å². The predicted octanol–water partition coefficient (Wildman–Crippen LogP) is 5.12. The Hall–Kier alpha value is -3.47. The van der Waals surface area contributed by atoms with Crippen molar-refractivity contribution in [2.75, 3.05) is 12.4 Å². The monoisotopic (exact) mass is 362 g/mol. The summed E-state index contributed by atoms with van der Waals surface area (Å²) in [6.07, 6.45) is 0. The van der Waals surface area contributed by atoms with Gasteiger partial charge in [-0.1, -0.05) is 36.4 Å². The molecule has 27 heavy (non-hydrogen) atoms. The number of rotatable bonds is 6. The van der Waals surface area contributed by atoms with E-state index in [4.69, 9.17) is 9.47 Å². The highest BCUT2D eigenvalue weighted by Crippen LogP contribution is 2.31. The van der Waals surface area contributed by atoms with Crippen molar-refractivity contribution < 1.29 is 14.3 Å². The van der Waals surface area contributed by atoms with Gasteiger partial charge in [0.15, 0.2) is 11.5 Å². The molecule has 0 atom stereocenters. The minimum absolute atomic E-state index is 0.253. The largest absolute Gasteiger partial charge is 0.493 e. The van der Waals surface area contributed by atoms with Crippen molar-refractivity contribution in [2.45, 2.75) is 13.5 Å². The minimum atomic E-state index is -0.253. The lowest BCUT2D eigenvalue weighted by Crippen LogP contribution is -2.28. The maximum absolute atomic E-state index is 12.1. The maximum Gasteiger partial charge on any atom is 0.319 e. The van der Waals surface area contributed by atoms with E-state index in [1.807, 2.05) is 55.5 Å². The molecule has 3 aromatic rings. The van der Waals surface area contributed by atoms with Gasteiger partial charge in [-0.3, -0.25) is 0 Å². The molecule has 5 heteroatoms. The fourth-order valence-electron chi connectivity index (χ4n) is 2.60. The van der Waals surface area contributed by atoms with Crippen LogP contribution in [0.5, 0.6) is 17.2 Å². The molecule has 0 saturated carbocycles. The second kappa shape index (κ2) is 8.76. The lowest BCUT2D eigenvalue weighted by Gasteiger charge is -2.11. The van der Waals surface area contributed by atoms with Gasteiger partial charge >= 0.3 is 6.03 Å². The van der Waals surface area contributed by atoms with Crippen molar-refractivity contribution in [1.82, 2.24) is 5.32 Å². The summed E-state index contributed by atoms with van der Waals surface area (Å²) in [4.78, 5) is 12.1. The number of urea groups is 1. The van der Waals surface area contributed by atoms with Crippen LogP contribution in [-0.4, -0.2) is 13.1 Å². The van der Waals surface area contributed by atoms with Gasteiger partial charge in [-0.15, -0.1) is 0 Å². The van der Waals surface area contributed by atoms with E-state index < -0.39 is 0 Å². The van der Waals surface area contributed by atoms with Crippen LogP contribution in [0.4, 0.5) is 10.5 Å². The Morgan fingerprint density at radius 3 is 2.26 bits per heavy atom. The number of carbonyl (C=O) groups excluding carboxylic acids is 1. The van der Waals surface area contributed by atoms with E-state index in [0.717, 1.165) is 11.1 Å². The standard InChI is InChI=1S/C22H22N2O3/c1-16-7-3-4-8-17(16)15-23-22(25)24-18-11-13-19(14-12-18)27-21-10-6-5-9-20(21)26-2/h3-14H,15H2,1-2H3,(H2,23,24,25). The van der Waals surface area contributed by atoms with E-state index in [9.17, 15) is 4.79 Å². The summed E-state index contributed by atoms with van der Waals surface area (Å²) in [6, 6.07) is 22.3. The number of carbonyl (C=O) groups is 1. The number of methoxy groups -OCH3 is 1. The number of para-hydroxylation sites is 2. The third-order valence-corrected chi connectivity index (χ3v) is 4.11. The van der Waals surface area contributed by atoms with Crippen molar-refractivity contribution in [3.8, 4) is 17.2 Å². The summed E-state index contributed by atoms with van der Waals surface area (Å²) in [7, 11) is 1.60. The first kappa shape index (κ1) is 18.3. The van der Waals surface area contributed by atoms with E-state index in [0.29, 0.717) is 29.5 Å². The molecule has 3 aromatic carbocycles. The number of benzene rings is 3. The van der Waals surface area contributed by atoms with Crippen LogP contribution in [0.15, 0.2) is 72.8 Å². The van der Waals surface area contributed by atoms with Gasteiger partial charge in [-0.05, 0) is 54.4 Å². The van der Waals surface area contributed by atoms with Crippen LogP contribution in [-0.2, 0) is 6.54 Å². The molecule has 0 spiro atoms. The number of nitrogens with one attached hydrogen (secondary N) is 2. The second-order valence-corrected chi connectivity index (χ2v) is 6.01. The molecule has 0 unspecified atom stereocenters. The van der Waals surface area contributed by atoms with Crippen molar-refractivity contribution in [3.63, 3.8) is 0 Å². The van der Waals surface area contributed by atoms with Crippen LogP contribution < -0.4 is 20.1 Å². The number of aryl methyl sites for hydroxylation is 1. The molecule has 0 saturated heterocycles. The summed E-state index contributed by atoms with van der Waals surface area (Å²) in [5, 5.41) is 5.67. The first-order valence-electron chi connectivity index (χ1n) is 8.66. The molecular weight excluding hydrogens is 340 g/mol. The summed E-state index contributed by atoms with van der Waals surface area (Å²) < 4.78 is 11.1. The average molecular weight is 362 g/mol. The van der Waals surface area contributed by atoms with Crippen molar-refractivity contribution in [2.24, 2.45) is 0 Å². The van der Waals surface area contributed by atoms with E-state index in [2.05, 4.69) is 10.6 Å². The van der Waals surface area contributed by atoms with Gasteiger partial charge in [-0.25, -0.2) is 4.79 Å². The molecule has 0 aliphatic rings. The number of amides is 2. The van der Waals surface area contributed by atoms with Gasteiger partial charge < -0.3 is 20.1 Å². The van der Waals surface area contributed by atoms with Crippen LogP contribution in [0.3, 0.4) is 0 Å². The lowest BCUT2D eigenvalue weighted by atomic mass is 10.1. The van der Waals surface area contributed by atoms with Gasteiger partial charge in [0, 0.05) is 12.2 Å². The Labute approximate surface area is 158 Å². The van der Waals surface area contributed by atoms with Crippen LogP contribution >= 0.6 is 0 Å². The molecule has 0 aromatic heterocycles. The first-order valence-corrected chi connectivity index (χ1v) is 8.66. The summed E-state index contributed by atoms with van der Waals surface area (Å²) in [5.41, 5.74) is 2.92. The molecular formula is C22H22N2O3. The molecule has 0 radical (unpaired) electrons. The third-order valence-electron chi connectivity index (χ3n) is 4.11. The molecule has 0 aliphatic heterocycles. The van der Waals surface area contributed by atoms with Crippen molar-refractivity contribution >= 4 is 11.7 Å². The summed E-state index contributed by atoms with van der Waals surface area (Å²) >= 11 is 0. The second-order valence-electron chi connectivity index (χ2n) is 6.01. The molecule has 138 valence electrons. The minimum Gasteiger partial charge on any atom is -0.493 e. The van der Waals surface area contributed by atoms with Crippen LogP contribution in [0, 0.1) is 6.92 Å². The van der Waals surface area contributed by atoms with Crippen molar-refractivity contribution in [1.29, 1.82) is 0 Å². The zero-order valence-electron chi connectivity index (χ0n) is 15.4. The summed E-state index contributed by atoms with van der Waals surface area (Å²) in [6.45, 7) is 2.50. The number of anilines is 1. The maximum atomic E-state index is 12.1. The fraction of sp³-hybridized carbons (Fsp3) is 0.136. The van der Waals surface area contributed by atoms with Gasteiger partial charge in [-0.2, -0.15) is 0 Å². The van der Waals surface area contributed by atoms with Crippen LogP contribution in [0.2, 0.25) is 0 Å². The van der Waals surface area contributed by atoms with Gasteiger partial charge in [0.2, 0.25) is 0 Å². The topological polar surface area (TPSA) is 59.6 Å². The Kier molecular flexibility index (Phi) is 5.94.